The molecule has 5 heteroatoms. The Balaban J connectivity index is 2.05. The van der Waals surface area contributed by atoms with E-state index in [0.717, 1.165) is 18.4 Å². The van der Waals surface area contributed by atoms with Crippen molar-refractivity contribution >= 4 is 5.91 Å². The fourth-order valence-corrected chi connectivity index (χ4v) is 2.51. The minimum absolute atomic E-state index is 0.360. The number of rotatable bonds is 5. The third kappa shape index (κ3) is 4.27. The van der Waals surface area contributed by atoms with E-state index < -0.39 is 12.3 Å². The normalized spacial score (nSPS) is 17.9. The van der Waals surface area contributed by atoms with Gasteiger partial charge in [-0.05, 0) is 30.7 Å². The summed E-state index contributed by atoms with van der Waals surface area (Å²) in [6.07, 6.45) is -0.482. The molecule has 110 valence electrons. The van der Waals surface area contributed by atoms with Gasteiger partial charge in [-0.1, -0.05) is 30.3 Å². The second-order valence-electron chi connectivity index (χ2n) is 5.06. The number of benzene rings is 1. The Morgan fingerprint density at radius 3 is 2.50 bits per heavy atom. The van der Waals surface area contributed by atoms with Gasteiger partial charge in [-0.3, -0.25) is 4.79 Å². The summed E-state index contributed by atoms with van der Waals surface area (Å²) in [4.78, 5) is 11.3. The van der Waals surface area contributed by atoms with Crippen LogP contribution in [0.3, 0.4) is 0 Å². The molecule has 1 heterocycles. The third-order valence-corrected chi connectivity index (χ3v) is 3.63. The molecule has 20 heavy (non-hydrogen) atoms. The van der Waals surface area contributed by atoms with E-state index in [1.807, 2.05) is 30.3 Å². The van der Waals surface area contributed by atoms with Crippen LogP contribution in [0, 0.1) is 5.92 Å². The lowest BCUT2D eigenvalue weighted by molar-refractivity contribution is -0.132. The summed E-state index contributed by atoms with van der Waals surface area (Å²) >= 11 is 0. The molecule has 0 aromatic heterocycles. The zero-order valence-electron chi connectivity index (χ0n) is 11.2. The summed E-state index contributed by atoms with van der Waals surface area (Å²) in [5.74, 6) is -0.808. The number of carbonyl (C=O) groups is 1. The second-order valence-corrected chi connectivity index (χ2v) is 5.06. The highest BCUT2D eigenvalue weighted by Crippen LogP contribution is 2.27. The van der Waals surface area contributed by atoms with Crippen molar-refractivity contribution in [2.75, 3.05) is 13.2 Å². The van der Waals surface area contributed by atoms with Crippen molar-refractivity contribution in [1.29, 1.82) is 0 Å². The quantitative estimate of drug-likeness (QED) is 0.902. The summed E-state index contributed by atoms with van der Waals surface area (Å²) in [7, 11) is 0. The van der Waals surface area contributed by atoms with Gasteiger partial charge in [-0.15, -0.1) is 0 Å². The predicted octanol–water partition coefficient (Wildman–Crippen LogP) is 2.93. The maximum Gasteiger partial charge on any atom is 0.315 e. The lowest BCUT2D eigenvalue weighted by atomic mass is 9.89. The molecular weight excluding hydrogens is 264 g/mol. The molecule has 1 unspecified atom stereocenters. The van der Waals surface area contributed by atoms with Crippen molar-refractivity contribution in [1.82, 2.24) is 5.32 Å². The molecule has 0 saturated carbocycles. The van der Waals surface area contributed by atoms with Crippen molar-refractivity contribution in [3.05, 3.63) is 35.9 Å². The van der Waals surface area contributed by atoms with E-state index >= 15 is 0 Å². The fraction of sp³-hybridized carbons (Fsp3) is 0.533. The van der Waals surface area contributed by atoms with Crippen LogP contribution in [0.15, 0.2) is 30.3 Å². The number of halogens is 2. The molecule has 1 aromatic rings. The zero-order chi connectivity index (χ0) is 14.4. The topological polar surface area (TPSA) is 38.3 Å². The van der Waals surface area contributed by atoms with Gasteiger partial charge in [0.25, 0.3) is 5.91 Å². The minimum atomic E-state index is -2.98. The standard InChI is InChI=1S/C15H19F2NO2/c16-14(17)15(19)18-13(12-4-2-1-3-5-12)10-11-6-8-20-9-7-11/h1-5,11,13-14H,6-10H2,(H,18,19). The Morgan fingerprint density at radius 1 is 1.25 bits per heavy atom. The number of alkyl halides is 2. The van der Waals surface area contributed by atoms with Gasteiger partial charge < -0.3 is 10.1 Å². The van der Waals surface area contributed by atoms with Gasteiger partial charge in [0.1, 0.15) is 0 Å². The van der Waals surface area contributed by atoms with Crippen LogP contribution < -0.4 is 5.32 Å². The van der Waals surface area contributed by atoms with Crippen LogP contribution in [0.2, 0.25) is 0 Å². The van der Waals surface area contributed by atoms with Gasteiger partial charge in [-0.2, -0.15) is 8.78 Å². The molecule has 0 bridgehead atoms. The molecule has 3 nitrogen and oxygen atoms in total. The van der Waals surface area contributed by atoms with Crippen molar-refractivity contribution in [2.45, 2.75) is 31.7 Å². The summed E-state index contributed by atoms with van der Waals surface area (Å²) < 4.78 is 30.2. The first-order valence-electron chi connectivity index (χ1n) is 6.88. The van der Waals surface area contributed by atoms with E-state index in [2.05, 4.69) is 5.32 Å². The number of ether oxygens (including phenoxy) is 1. The summed E-state index contributed by atoms with van der Waals surface area (Å²) in [5, 5.41) is 2.45. The summed E-state index contributed by atoms with van der Waals surface area (Å²) in [6.45, 7) is 1.41. The maximum atomic E-state index is 12.5. The summed E-state index contributed by atoms with van der Waals surface area (Å²) in [6, 6.07) is 8.91. The monoisotopic (exact) mass is 283 g/mol. The molecule has 0 spiro atoms. The molecule has 2 rings (SSSR count). The third-order valence-electron chi connectivity index (χ3n) is 3.63. The average Bonchev–Trinajstić information content (AvgIpc) is 2.48. The first-order valence-corrected chi connectivity index (χ1v) is 6.88. The van der Waals surface area contributed by atoms with Crippen molar-refractivity contribution in [3.63, 3.8) is 0 Å². The highest BCUT2D eigenvalue weighted by molar-refractivity contribution is 5.79. The Labute approximate surface area is 117 Å². The van der Waals surface area contributed by atoms with E-state index in [9.17, 15) is 13.6 Å². The highest BCUT2D eigenvalue weighted by atomic mass is 19.3. The van der Waals surface area contributed by atoms with Crippen LogP contribution >= 0.6 is 0 Å². The molecule has 1 fully saturated rings. The zero-order valence-corrected chi connectivity index (χ0v) is 11.2. The smallest absolute Gasteiger partial charge is 0.315 e. The molecule has 1 aliphatic heterocycles. The Bertz CT molecular complexity index is 419. The lowest BCUT2D eigenvalue weighted by Crippen LogP contribution is -2.35. The minimum Gasteiger partial charge on any atom is -0.381 e. The first-order chi connectivity index (χ1) is 9.66. The Kier molecular flexibility index (Phi) is 5.47. The fourth-order valence-electron chi connectivity index (χ4n) is 2.51. The van der Waals surface area contributed by atoms with Crippen molar-refractivity contribution in [2.24, 2.45) is 5.92 Å². The summed E-state index contributed by atoms with van der Waals surface area (Å²) in [5.41, 5.74) is 0.869. The van der Waals surface area contributed by atoms with Crippen molar-refractivity contribution < 1.29 is 18.3 Å². The molecule has 1 aromatic carbocycles. The molecule has 0 aliphatic carbocycles. The number of nitrogens with one attached hydrogen (secondary N) is 1. The predicted molar refractivity (Wildman–Crippen MR) is 71.5 cm³/mol. The SMILES string of the molecule is O=C(NC(CC1CCOCC1)c1ccccc1)C(F)F. The highest BCUT2D eigenvalue weighted by Gasteiger charge is 2.24. The van der Waals surface area contributed by atoms with Gasteiger partial charge in [0, 0.05) is 13.2 Å². The molecule has 1 saturated heterocycles. The van der Waals surface area contributed by atoms with Gasteiger partial charge in [0.2, 0.25) is 0 Å². The van der Waals surface area contributed by atoms with Gasteiger partial charge in [0.05, 0.1) is 6.04 Å². The van der Waals surface area contributed by atoms with Crippen LogP contribution in [0.1, 0.15) is 30.9 Å². The largest absolute Gasteiger partial charge is 0.381 e. The molecule has 1 aliphatic rings. The molecule has 1 atom stereocenters. The van der Waals surface area contributed by atoms with Gasteiger partial charge in [-0.25, -0.2) is 0 Å². The van der Waals surface area contributed by atoms with Crippen LogP contribution in [-0.4, -0.2) is 25.5 Å². The van der Waals surface area contributed by atoms with Gasteiger partial charge in [0.15, 0.2) is 0 Å². The lowest BCUT2D eigenvalue weighted by Gasteiger charge is -2.27. The Morgan fingerprint density at radius 2 is 1.90 bits per heavy atom. The maximum absolute atomic E-state index is 12.5. The average molecular weight is 283 g/mol. The van der Waals surface area contributed by atoms with E-state index in [1.54, 1.807) is 0 Å². The molecule has 0 radical (unpaired) electrons. The number of amides is 1. The van der Waals surface area contributed by atoms with Crippen molar-refractivity contribution in [3.8, 4) is 0 Å². The number of carbonyl (C=O) groups excluding carboxylic acids is 1. The van der Waals surface area contributed by atoms with Gasteiger partial charge >= 0.3 is 6.43 Å². The number of hydrogen-bond acceptors (Lipinski definition) is 2. The first kappa shape index (κ1) is 14.9. The Hall–Kier alpha value is -1.49. The second kappa shape index (κ2) is 7.33. The van der Waals surface area contributed by atoms with Crippen LogP contribution in [-0.2, 0) is 9.53 Å². The van der Waals surface area contributed by atoms with Crippen LogP contribution in [0.25, 0.3) is 0 Å². The molecular formula is C15H19F2NO2. The van der Waals surface area contributed by atoms with E-state index in [0.29, 0.717) is 25.6 Å². The van der Waals surface area contributed by atoms with E-state index in [1.165, 1.54) is 0 Å². The molecule has 1 amide bonds. The van der Waals surface area contributed by atoms with Crippen LogP contribution in [0.5, 0.6) is 0 Å². The number of hydrogen-bond donors (Lipinski definition) is 1. The van der Waals surface area contributed by atoms with E-state index in [-0.39, 0.29) is 6.04 Å². The van der Waals surface area contributed by atoms with Crippen LogP contribution in [0.4, 0.5) is 8.78 Å². The van der Waals surface area contributed by atoms with E-state index in [4.69, 9.17) is 4.74 Å². The molecule has 1 N–H and O–H groups in total.